The molecule has 3 fully saturated rings. The molecule has 3 aliphatic heterocycles. The maximum absolute atomic E-state index is 15.1. The summed E-state index contributed by atoms with van der Waals surface area (Å²) in [5.74, 6) is -3.34. The van der Waals surface area contributed by atoms with Crippen molar-refractivity contribution in [3.63, 3.8) is 0 Å². The molecule has 5 rings (SSSR count). The Morgan fingerprint density at radius 2 is 1.81 bits per heavy atom. The largest absolute Gasteiger partial charge is 0.497 e. The Balaban J connectivity index is 1.56. The van der Waals surface area contributed by atoms with Crippen LogP contribution in [0.25, 0.3) is 0 Å². The third-order valence-corrected chi connectivity index (χ3v) is 11.4. The van der Waals surface area contributed by atoms with Crippen molar-refractivity contribution in [1.29, 1.82) is 0 Å². The number of hydrogen-bond acceptors (Lipinski definition) is 9. The van der Waals surface area contributed by atoms with Gasteiger partial charge in [-0.3, -0.25) is 19.2 Å². The van der Waals surface area contributed by atoms with Crippen LogP contribution in [0.15, 0.2) is 79.9 Å². The molecule has 0 aromatic heterocycles. The number of aliphatic hydroxyl groups excluding tert-OH is 1. The van der Waals surface area contributed by atoms with Crippen LogP contribution in [0.5, 0.6) is 5.75 Å². The maximum atomic E-state index is 15.1. The molecule has 2 bridgehead atoms. The van der Waals surface area contributed by atoms with Gasteiger partial charge in [0.25, 0.3) is 5.91 Å². The van der Waals surface area contributed by atoms with Gasteiger partial charge in [0, 0.05) is 30.6 Å². The molecule has 12 nitrogen and oxygen atoms in total. The van der Waals surface area contributed by atoms with E-state index < -0.39 is 77.0 Å². The van der Waals surface area contributed by atoms with Crippen LogP contribution in [0.3, 0.4) is 0 Å². The van der Waals surface area contributed by atoms with Crippen molar-refractivity contribution in [2.24, 2.45) is 17.8 Å². The average Bonchev–Trinajstić information content (AvgIpc) is 3.77. The number of esters is 1. The van der Waals surface area contributed by atoms with Crippen molar-refractivity contribution >= 4 is 45.3 Å². The molecule has 3 aliphatic rings. The predicted octanol–water partition coefficient (Wildman–Crippen LogP) is 4.75. The number of carbonyl (C=O) groups excluding carboxylic acids is 4. The second kappa shape index (κ2) is 18.1. The minimum absolute atomic E-state index is 0.0346. The number of likely N-dealkylation sites (tertiary alicyclic amines) is 1. The number of hydrogen-bond donors (Lipinski definition) is 2. The zero-order valence-corrected chi connectivity index (χ0v) is 33.0. The Morgan fingerprint density at radius 1 is 1.11 bits per heavy atom. The van der Waals surface area contributed by atoms with Crippen molar-refractivity contribution in [2.75, 3.05) is 38.9 Å². The van der Waals surface area contributed by atoms with E-state index in [1.165, 1.54) is 12.0 Å². The summed E-state index contributed by atoms with van der Waals surface area (Å²) in [6, 6.07) is 13.4. The second-order valence-corrected chi connectivity index (χ2v) is 15.7. The molecule has 2 aromatic rings. The highest BCUT2D eigenvalue weighted by molar-refractivity contribution is 9.09. The number of aliphatic hydroxyl groups is 1. The van der Waals surface area contributed by atoms with Gasteiger partial charge in [0.1, 0.15) is 23.5 Å². The summed E-state index contributed by atoms with van der Waals surface area (Å²) < 4.78 is 24.0. The molecule has 3 saturated heterocycles. The number of nitrogens with zero attached hydrogens (tertiary/aromatic N) is 2. The van der Waals surface area contributed by atoms with Crippen LogP contribution in [0.4, 0.5) is 5.69 Å². The number of rotatable bonds is 19. The first-order valence-corrected chi connectivity index (χ1v) is 19.3. The zero-order chi connectivity index (χ0) is 39.2. The molecule has 0 saturated carbocycles. The van der Waals surface area contributed by atoms with E-state index in [4.69, 9.17) is 18.9 Å². The Kier molecular flexibility index (Phi) is 13.8. The number of methoxy groups -OCH3 is 2. The average molecular weight is 811 g/mol. The number of amides is 3. The third kappa shape index (κ3) is 8.14. The number of anilines is 1. The van der Waals surface area contributed by atoms with Gasteiger partial charge in [0.05, 0.1) is 50.3 Å². The number of alkyl halides is 1. The molecular formula is C41H52BrN3O9. The molecule has 0 aliphatic carbocycles. The van der Waals surface area contributed by atoms with Crippen LogP contribution < -0.4 is 15.0 Å². The Hall–Kier alpha value is -4.04. The van der Waals surface area contributed by atoms with Gasteiger partial charge in [-0.15, -0.1) is 13.2 Å². The van der Waals surface area contributed by atoms with Crippen molar-refractivity contribution in [1.82, 2.24) is 10.2 Å². The summed E-state index contributed by atoms with van der Waals surface area (Å²) in [6.45, 7) is 11.3. The van der Waals surface area contributed by atoms with E-state index in [0.717, 1.165) is 0 Å². The summed E-state index contributed by atoms with van der Waals surface area (Å²) in [5, 5.41) is 13.7. The normalized spacial score (nSPS) is 25.8. The van der Waals surface area contributed by atoms with Gasteiger partial charge in [-0.1, -0.05) is 72.3 Å². The smallest absolute Gasteiger partial charge is 0.313 e. The SMILES string of the molecule is C=CCCC(=O)N[C@H](COC)[C@H](OC(=O)[C@H]1[C@@H]2O[C@@]3(CC2Br)[C@@H]1C(=O)N([C@@H](CO)CC(C)C)[C@@H]3C(=O)N(CC=C)c1ccc(OC)cc1)c1ccccc1. The Labute approximate surface area is 326 Å². The monoisotopic (exact) mass is 809 g/mol. The van der Waals surface area contributed by atoms with E-state index in [-0.39, 0.29) is 37.8 Å². The molecule has 9 atom stereocenters. The summed E-state index contributed by atoms with van der Waals surface area (Å²) in [4.78, 5) is 60.3. The summed E-state index contributed by atoms with van der Waals surface area (Å²) >= 11 is 3.74. The first kappa shape index (κ1) is 41.1. The van der Waals surface area contributed by atoms with Crippen LogP contribution in [-0.2, 0) is 33.4 Å². The van der Waals surface area contributed by atoms with Crippen LogP contribution >= 0.6 is 15.9 Å². The van der Waals surface area contributed by atoms with Crippen LogP contribution in [-0.4, -0.2) is 102 Å². The van der Waals surface area contributed by atoms with Crippen molar-refractivity contribution in [3.05, 3.63) is 85.5 Å². The summed E-state index contributed by atoms with van der Waals surface area (Å²) in [7, 11) is 3.05. The summed E-state index contributed by atoms with van der Waals surface area (Å²) in [5.41, 5.74) is -0.239. The number of nitrogens with one attached hydrogen (secondary N) is 1. The van der Waals surface area contributed by atoms with E-state index in [0.29, 0.717) is 29.8 Å². The Morgan fingerprint density at radius 3 is 2.41 bits per heavy atom. The first-order chi connectivity index (χ1) is 26.0. The van der Waals surface area contributed by atoms with E-state index in [2.05, 4.69) is 34.4 Å². The highest BCUT2D eigenvalue weighted by Crippen LogP contribution is 2.61. The van der Waals surface area contributed by atoms with Gasteiger partial charge >= 0.3 is 5.97 Å². The summed E-state index contributed by atoms with van der Waals surface area (Å²) in [6.07, 6.45) is 2.81. The van der Waals surface area contributed by atoms with Gasteiger partial charge in [-0.2, -0.15) is 0 Å². The molecular weight excluding hydrogens is 758 g/mol. The minimum atomic E-state index is -1.42. The lowest BCUT2D eigenvalue weighted by atomic mass is 9.70. The highest BCUT2D eigenvalue weighted by atomic mass is 79.9. The van der Waals surface area contributed by atoms with E-state index >= 15 is 4.79 Å². The fraction of sp³-hybridized carbons (Fsp3) is 0.512. The van der Waals surface area contributed by atoms with Crippen LogP contribution in [0, 0.1) is 17.8 Å². The molecule has 3 heterocycles. The lowest BCUT2D eigenvalue weighted by Gasteiger charge is -2.39. The number of carbonyl (C=O) groups is 4. The number of allylic oxidation sites excluding steroid dienone is 1. The topological polar surface area (TPSA) is 144 Å². The quantitative estimate of drug-likeness (QED) is 0.117. The van der Waals surface area contributed by atoms with E-state index in [9.17, 15) is 19.5 Å². The van der Waals surface area contributed by atoms with Gasteiger partial charge in [0.2, 0.25) is 11.8 Å². The molecule has 2 N–H and O–H groups in total. The molecule has 1 spiro atoms. The van der Waals surface area contributed by atoms with Crippen molar-refractivity contribution in [3.8, 4) is 5.75 Å². The fourth-order valence-electron chi connectivity index (χ4n) is 8.32. The van der Waals surface area contributed by atoms with Crippen molar-refractivity contribution < 1.29 is 43.2 Å². The molecule has 2 aromatic carbocycles. The van der Waals surface area contributed by atoms with Gasteiger partial charge in [0.15, 0.2) is 0 Å². The van der Waals surface area contributed by atoms with E-state index in [1.54, 1.807) is 72.7 Å². The molecule has 292 valence electrons. The molecule has 3 amide bonds. The maximum Gasteiger partial charge on any atom is 0.313 e. The number of benzene rings is 2. The standard InChI is InChI=1S/C41H52BrN3O9/c1-7-9-15-32(47)43-31(24-51-5)35(26-13-11-10-12-14-26)53-40(50)33-34-38(48)45(28(23-46)21-25(3)4)37(41(34)22-30(42)36(33)54-41)39(49)44(20-8-2)27-16-18-29(52-6)19-17-27/h7-8,10-14,16-19,25,28,30-31,33-37,46H,1-2,9,15,20-24H2,3-6H3,(H,43,47)/t28-,30?,31-,33-,34+,35-,36-,37-,41+/m1/s1. The fourth-order valence-corrected chi connectivity index (χ4v) is 9.26. The van der Waals surface area contributed by atoms with Gasteiger partial charge in [-0.25, -0.2) is 0 Å². The molecule has 1 unspecified atom stereocenters. The Bertz CT molecular complexity index is 1660. The first-order valence-electron chi connectivity index (χ1n) is 18.4. The number of fused-ring (bicyclic) bond motifs is 1. The predicted molar refractivity (Wildman–Crippen MR) is 207 cm³/mol. The van der Waals surface area contributed by atoms with Crippen LogP contribution in [0.1, 0.15) is 51.2 Å². The molecule has 13 heteroatoms. The second-order valence-electron chi connectivity index (χ2n) is 14.5. The van der Waals surface area contributed by atoms with Crippen molar-refractivity contribution in [2.45, 2.75) is 80.3 Å². The highest BCUT2D eigenvalue weighted by Gasteiger charge is 2.77. The van der Waals surface area contributed by atoms with Gasteiger partial charge in [-0.05, 0) is 55.0 Å². The third-order valence-electron chi connectivity index (χ3n) is 10.5. The van der Waals surface area contributed by atoms with E-state index in [1.807, 2.05) is 19.9 Å². The number of ether oxygens (including phenoxy) is 4. The van der Waals surface area contributed by atoms with Gasteiger partial charge < -0.3 is 39.2 Å². The zero-order valence-electron chi connectivity index (χ0n) is 31.4. The molecule has 0 radical (unpaired) electrons. The lowest BCUT2D eigenvalue weighted by molar-refractivity contribution is -0.163. The molecule has 54 heavy (non-hydrogen) atoms. The minimum Gasteiger partial charge on any atom is -0.497 e. The lowest BCUT2D eigenvalue weighted by Crippen LogP contribution is -2.59. The number of halogens is 1. The van der Waals surface area contributed by atoms with Crippen LogP contribution in [0.2, 0.25) is 0 Å².